The van der Waals surface area contributed by atoms with Gasteiger partial charge in [0.2, 0.25) is 0 Å². The Balaban J connectivity index is 1.51. The number of piperazine rings is 1. The zero-order chi connectivity index (χ0) is 16.9. The number of hydrogen-bond donors (Lipinski definition) is 1. The fourth-order valence-corrected chi connectivity index (χ4v) is 3.53. The normalized spacial score (nSPS) is 24.3. The maximum atomic E-state index is 12.4. The van der Waals surface area contributed by atoms with E-state index in [4.69, 9.17) is 0 Å². The highest BCUT2D eigenvalue weighted by atomic mass is 16.2. The number of rotatable bonds is 2. The minimum absolute atomic E-state index is 0.0516. The van der Waals surface area contributed by atoms with Crippen LogP contribution in [0.1, 0.15) is 38.2 Å². The average molecular weight is 327 g/mol. The molecule has 1 aromatic rings. The van der Waals surface area contributed by atoms with Gasteiger partial charge in [-0.25, -0.2) is 9.78 Å². The Labute approximate surface area is 143 Å². The number of urea groups is 1. The lowest BCUT2D eigenvalue weighted by Gasteiger charge is -2.37. The summed E-state index contributed by atoms with van der Waals surface area (Å²) in [5.41, 5.74) is 0.590. The van der Waals surface area contributed by atoms with Crippen molar-refractivity contribution in [2.45, 2.75) is 38.6 Å². The Morgan fingerprint density at radius 3 is 2.62 bits per heavy atom. The molecular weight excluding hydrogens is 302 g/mol. The van der Waals surface area contributed by atoms with Crippen LogP contribution in [0.4, 0.5) is 10.6 Å². The van der Waals surface area contributed by atoms with E-state index in [0.717, 1.165) is 24.6 Å². The Morgan fingerprint density at radius 2 is 1.96 bits per heavy atom. The van der Waals surface area contributed by atoms with Gasteiger partial charge in [-0.1, -0.05) is 6.92 Å². The number of anilines is 1. The summed E-state index contributed by atoms with van der Waals surface area (Å²) in [6, 6.07) is 6.12. The number of pyridine rings is 1. The van der Waals surface area contributed by atoms with Crippen molar-refractivity contribution in [1.29, 1.82) is 5.26 Å². The van der Waals surface area contributed by atoms with E-state index in [9.17, 15) is 10.1 Å². The molecule has 3 rings (SSSR count). The molecule has 1 N–H and O–H groups in total. The highest BCUT2D eigenvalue weighted by Gasteiger charge is 2.26. The second-order valence-corrected chi connectivity index (χ2v) is 6.87. The first-order chi connectivity index (χ1) is 11.7. The second-order valence-electron chi connectivity index (χ2n) is 6.87. The van der Waals surface area contributed by atoms with E-state index in [1.54, 1.807) is 18.3 Å². The topological polar surface area (TPSA) is 72.3 Å². The van der Waals surface area contributed by atoms with E-state index in [2.05, 4.69) is 28.2 Å². The van der Waals surface area contributed by atoms with Gasteiger partial charge < -0.3 is 15.1 Å². The monoisotopic (exact) mass is 327 g/mol. The van der Waals surface area contributed by atoms with Crippen LogP contribution < -0.4 is 10.2 Å². The number of aromatic nitrogens is 1. The van der Waals surface area contributed by atoms with Crippen LogP contribution in [0.5, 0.6) is 0 Å². The second kappa shape index (κ2) is 7.52. The fourth-order valence-electron chi connectivity index (χ4n) is 3.53. The van der Waals surface area contributed by atoms with Crippen molar-refractivity contribution >= 4 is 11.8 Å². The summed E-state index contributed by atoms with van der Waals surface area (Å²) in [4.78, 5) is 20.7. The van der Waals surface area contributed by atoms with Crippen molar-refractivity contribution in [2.75, 3.05) is 31.1 Å². The average Bonchev–Trinajstić information content (AvgIpc) is 2.63. The van der Waals surface area contributed by atoms with Crippen LogP contribution >= 0.6 is 0 Å². The number of amides is 2. The quantitative estimate of drug-likeness (QED) is 0.905. The molecular formula is C18H25N5O. The minimum atomic E-state index is 0.0516. The number of hydrogen-bond acceptors (Lipinski definition) is 4. The van der Waals surface area contributed by atoms with Crippen molar-refractivity contribution in [1.82, 2.24) is 15.2 Å². The molecule has 0 unspecified atom stereocenters. The molecule has 0 atom stereocenters. The zero-order valence-electron chi connectivity index (χ0n) is 14.2. The molecule has 1 saturated carbocycles. The molecule has 1 aliphatic carbocycles. The van der Waals surface area contributed by atoms with Gasteiger partial charge in [0, 0.05) is 38.4 Å². The minimum Gasteiger partial charge on any atom is -0.352 e. The molecule has 0 bridgehead atoms. The Kier molecular flexibility index (Phi) is 5.19. The van der Waals surface area contributed by atoms with Crippen molar-refractivity contribution < 1.29 is 4.79 Å². The predicted octanol–water partition coefficient (Wildman–Crippen LogP) is 2.36. The molecule has 6 nitrogen and oxygen atoms in total. The van der Waals surface area contributed by atoms with Crippen molar-refractivity contribution in [2.24, 2.45) is 5.92 Å². The molecule has 24 heavy (non-hydrogen) atoms. The number of nitriles is 1. The largest absolute Gasteiger partial charge is 0.352 e. The number of nitrogens with one attached hydrogen (secondary N) is 1. The Hall–Kier alpha value is -2.29. The van der Waals surface area contributed by atoms with Gasteiger partial charge in [-0.2, -0.15) is 5.26 Å². The molecule has 0 aromatic carbocycles. The van der Waals surface area contributed by atoms with Gasteiger partial charge in [-0.3, -0.25) is 0 Å². The molecule has 1 aliphatic heterocycles. The molecule has 2 fully saturated rings. The van der Waals surface area contributed by atoms with Gasteiger partial charge >= 0.3 is 6.03 Å². The van der Waals surface area contributed by atoms with Crippen LogP contribution in [-0.2, 0) is 0 Å². The zero-order valence-corrected chi connectivity index (χ0v) is 14.2. The molecule has 2 heterocycles. The molecule has 6 heteroatoms. The van der Waals surface area contributed by atoms with Crippen LogP contribution in [0.2, 0.25) is 0 Å². The van der Waals surface area contributed by atoms with E-state index >= 15 is 0 Å². The number of nitrogens with zero attached hydrogens (tertiary/aromatic N) is 4. The van der Waals surface area contributed by atoms with Gasteiger partial charge in [0.05, 0.1) is 5.56 Å². The smallest absolute Gasteiger partial charge is 0.317 e. The molecule has 128 valence electrons. The first-order valence-corrected chi connectivity index (χ1v) is 8.83. The molecule has 0 spiro atoms. The van der Waals surface area contributed by atoms with Crippen molar-refractivity contribution in [3.8, 4) is 6.07 Å². The van der Waals surface area contributed by atoms with Crippen LogP contribution in [0.25, 0.3) is 0 Å². The third-order valence-corrected chi connectivity index (χ3v) is 5.12. The lowest BCUT2D eigenvalue weighted by molar-refractivity contribution is 0.184. The van der Waals surface area contributed by atoms with E-state index in [-0.39, 0.29) is 6.03 Å². The molecule has 1 saturated heterocycles. The fraction of sp³-hybridized carbons (Fsp3) is 0.611. The van der Waals surface area contributed by atoms with Crippen molar-refractivity contribution in [3.05, 3.63) is 23.9 Å². The molecule has 2 amide bonds. The van der Waals surface area contributed by atoms with Gasteiger partial charge in [-0.05, 0) is 43.7 Å². The van der Waals surface area contributed by atoms with Crippen LogP contribution in [0.3, 0.4) is 0 Å². The summed E-state index contributed by atoms with van der Waals surface area (Å²) in [7, 11) is 0. The maximum Gasteiger partial charge on any atom is 0.317 e. The SMILES string of the molecule is CC1CCC(NC(=O)N2CCN(c3ncccc3C#N)CC2)CC1. The Bertz CT molecular complexity index is 610. The lowest BCUT2D eigenvalue weighted by atomic mass is 9.87. The third kappa shape index (κ3) is 3.78. The first-order valence-electron chi connectivity index (χ1n) is 8.83. The van der Waals surface area contributed by atoms with Gasteiger partial charge in [0.15, 0.2) is 0 Å². The van der Waals surface area contributed by atoms with E-state index in [1.807, 2.05) is 4.90 Å². The maximum absolute atomic E-state index is 12.4. The summed E-state index contributed by atoms with van der Waals surface area (Å²) in [6.07, 6.45) is 6.29. The summed E-state index contributed by atoms with van der Waals surface area (Å²) < 4.78 is 0. The first kappa shape index (κ1) is 16.6. The molecule has 0 radical (unpaired) electrons. The number of carbonyl (C=O) groups excluding carboxylic acids is 1. The van der Waals surface area contributed by atoms with Gasteiger partial charge in [-0.15, -0.1) is 0 Å². The van der Waals surface area contributed by atoms with Gasteiger partial charge in [0.1, 0.15) is 11.9 Å². The highest BCUT2D eigenvalue weighted by Crippen LogP contribution is 2.24. The predicted molar refractivity (Wildman–Crippen MR) is 92.7 cm³/mol. The van der Waals surface area contributed by atoms with E-state index in [1.165, 1.54) is 12.8 Å². The third-order valence-electron chi connectivity index (χ3n) is 5.12. The lowest BCUT2D eigenvalue weighted by Crippen LogP contribution is -2.54. The number of carbonyl (C=O) groups is 1. The van der Waals surface area contributed by atoms with Crippen LogP contribution in [0, 0.1) is 17.2 Å². The van der Waals surface area contributed by atoms with Crippen LogP contribution in [-0.4, -0.2) is 48.1 Å². The van der Waals surface area contributed by atoms with Crippen molar-refractivity contribution in [3.63, 3.8) is 0 Å². The Morgan fingerprint density at radius 1 is 1.25 bits per heavy atom. The van der Waals surface area contributed by atoms with E-state index < -0.39 is 0 Å². The standard InChI is InChI=1S/C18H25N5O/c1-14-4-6-16(7-5-14)21-18(24)23-11-9-22(10-12-23)17-15(13-19)3-2-8-20-17/h2-3,8,14,16H,4-7,9-12H2,1H3,(H,21,24). The highest BCUT2D eigenvalue weighted by molar-refractivity contribution is 5.75. The summed E-state index contributed by atoms with van der Waals surface area (Å²) in [6.45, 7) is 5.03. The summed E-state index contributed by atoms with van der Waals surface area (Å²) in [5, 5.41) is 12.4. The van der Waals surface area contributed by atoms with Crippen LogP contribution in [0.15, 0.2) is 18.3 Å². The van der Waals surface area contributed by atoms with E-state index in [0.29, 0.717) is 37.8 Å². The summed E-state index contributed by atoms with van der Waals surface area (Å²) >= 11 is 0. The summed E-state index contributed by atoms with van der Waals surface area (Å²) in [5.74, 6) is 1.51. The molecule has 2 aliphatic rings. The molecule has 1 aromatic heterocycles. The van der Waals surface area contributed by atoms with Gasteiger partial charge in [0.25, 0.3) is 0 Å².